The maximum absolute atomic E-state index is 12.3. The number of hydrogen-bond acceptors (Lipinski definition) is 4. The molecule has 1 aromatic heterocycles. The van der Waals surface area contributed by atoms with Crippen molar-refractivity contribution < 1.29 is 4.79 Å². The number of aromatic nitrogens is 1. The van der Waals surface area contributed by atoms with Gasteiger partial charge in [-0.2, -0.15) is 0 Å². The molecule has 3 rings (SSSR count). The molecular weight excluding hydrogens is 268 g/mol. The smallest absolute Gasteiger partial charge is 0.251 e. The Balaban J connectivity index is 1.61. The highest BCUT2D eigenvalue weighted by Gasteiger charge is 2.31. The van der Waals surface area contributed by atoms with Gasteiger partial charge in [0.25, 0.3) is 5.56 Å². The molecule has 0 bridgehead atoms. The van der Waals surface area contributed by atoms with Crippen LogP contribution in [0.3, 0.4) is 0 Å². The van der Waals surface area contributed by atoms with E-state index >= 15 is 0 Å². The first kappa shape index (κ1) is 14.1. The van der Waals surface area contributed by atoms with Gasteiger partial charge in [-0.15, -0.1) is 0 Å². The van der Waals surface area contributed by atoms with Crippen LogP contribution in [0, 0.1) is 0 Å². The quantitative estimate of drug-likeness (QED) is 0.859. The summed E-state index contributed by atoms with van der Waals surface area (Å²) in [6, 6.07) is 3.45. The number of anilines is 1. The molecule has 114 valence electrons. The number of amides is 1. The lowest BCUT2D eigenvalue weighted by Gasteiger charge is -2.23. The normalized spacial score (nSPS) is 22.9. The van der Waals surface area contributed by atoms with Crippen molar-refractivity contribution in [1.82, 2.24) is 14.4 Å². The molecule has 0 aliphatic carbocycles. The standard InChI is InChI=1S/C15H22N4O2/c16-12-3-4-14(20)19(9-12)11-15(21)18-8-5-13(10-18)17-6-1-2-7-17/h3-4,9,13H,1-2,5-8,10-11,16H2. The highest BCUT2D eigenvalue weighted by molar-refractivity contribution is 5.76. The number of hydrogen-bond donors (Lipinski definition) is 1. The molecule has 2 N–H and O–H groups in total. The van der Waals surface area contributed by atoms with Crippen molar-refractivity contribution in [2.45, 2.75) is 31.8 Å². The summed E-state index contributed by atoms with van der Waals surface area (Å²) < 4.78 is 1.39. The van der Waals surface area contributed by atoms with Gasteiger partial charge < -0.3 is 15.2 Å². The van der Waals surface area contributed by atoms with E-state index in [4.69, 9.17) is 5.73 Å². The lowest BCUT2D eigenvalue weighted by atomic mass is 10.2. The number of nitrogens with zero attached hydrogens (tertiary/aromatic N) is 3. The van der Waals surface area contributed by atoms with Crippen LogP contribution in [0.4, 0.5) is 5.69 Å². The predicted octanol–water partition coefficient (Wildman–Crippen LogP) is 0.127. The minimum absolute atomic E-state index is 0.00407. The van der Waals surface area contributed by atoms with Gasteiger partial charge in [0, 0.05) is 37.1 Å². The summed E-state index contributed by atoms with van der Waals surface area (Å²) in [5.74, 6) is 0.00407. The van der Waals surface area contributed by atoms with E-state index in [1.807, 2.05) is 4.90 Å². The SMILES string of the molecule is Nc1ccc(=O)n(CC(=O)N2CCC(N3CCCC3)C2)c1. The van der Waals surface area contributed by atoms with Crippen molar-refractivity contribution in [3.8, 4) is 0 Å². The topological polar surface area (TPSA) is 71.6 Å². The molecule has 2 saturated heterocycles. The van der Waals surface area contributed by atoms with Crippen LogP contribution in [0.1, 0.15) is 19.3 Å². The Labute approximate surface area is 124 Å². The number of nitrogens with two attached hydrogens (primary N) is 1. The molecule has 1 aromatic rings. The number of rotatable bonds is 3. The fourth-order valence-corrected chi connectivity index (χ4v) is 3.29. The molecule has 2 fully saturated rings. The minimum atomic E-state index is -0.187. The van der Waals surface area contributed by atoms with Crippen molar-refractivity contribution in [2.24, 2.45) is 0 Å². The molecular formula is C15H22N4O2. The number of pyridine rings is 1. The first-order valence-corrected chi connectivity index (χ1v) is 7.61. The number of carbonyl (C=O) groups is 1. The summed E-state index contributed by atoms with van der Waals surface area (Å²) in [7, 11) is 0. The number of likely N-dealkylation sites (tertiary alicyclic amines) is 2. The Hall–Kier alpha value is -1.82. The fourth-order valence-electron chi connectivity index (χ4n) is 3.29. The van der Waals surface area contributed by atoms with E-state index in [9.17, 15) is 9.59 Å². The molecule has 1 atom stereocenters. The van der Waals surface area contributed by atoms with Crippen LogP contribution in [0.25, 0.3) is 0 Å². The molecule has 0 aromatic carbocycles. The maximum atomic E-state index is 12.3. The van der Waals surface area contributed by atoms with Gasteiger partial charge in [0.05, 0.1) is 0 Å². The largest absolute Gasteiger partial charge is 0.398 e. The zero-order chi connectivity index (χ0) is 14.8. The molecule has 21 heavy (non-hydrogen) atoms. The second kappa shape index (κ2) is 5.89. The third-order valence-electron chi connectivity index (χ3n) is 4.49. The van der Waals surface area contributed by atoms with E-state index in [1.165, 1.54) is 29.7 Å². The zero-order valence-corrected chi connectivity index (χ0v) is 12.2. The third-order valence-corrected chi connectivity index (χ3v) is 4.49. The van der Waals surface area contributed by atoms with E-state index in [2.05, 4.69) is 4.90 Å². The number of nitrogen functional groups attached to an aromatic ring is 1. The molecule has 3 heterocycles. The Morgan fingerprint density at radius 2 is 2.00 bits per heavy atom. The second-order valence-corrected chi connectivity index (χ2v) is 5.95. The Kier molecular flexibility index (Phi) is 3.96. The van der Waals surface area contributed by atoms with Crippen molar-refractivity contribution in [3.05, 3.63) is 28.7 Å². The lowest BCUT2D eigenvalue weighted by molar-refractivity contribution is -0.131. The molecule has 6 nitrogen and oxygen atoms in total. The van der Waals surface area contributed by atoms with Gasteiger partial charge in [-0.05, 0) is 38.4 Å². The van der Waals surface area contributed by atoms with Gasteiger partial charge in [0.15, 0.2) is 0 Å². The molecule has 2 aliphatic heterocycles. The van der Waals surface area contributed by atoms with Crippen molar-refractivity contribution in [1.29, 1.82) is 0 Å². The monoisotopic (exact) mass is 290 g/mol. The van der Waals surface area contributed by atoms with E-state index < -0.39 is 0 Å². The van der Waals surface area contributed by atoms with E-state index in [1.54, 1.807) is 6.07 Å². The number of carbonyl (C=O) groups excluding carboxylic acids is 1. The average Bonchev–Trinajstić information content (AvgIpc) is 3.12. The molecule has 6 heteroatoms. The lowest BCUT2D eigenvalue weighted by Crippen LogP contribution is -2.39. The highest BCUT2D eigenvalue weighted by atomic mass is 16.2. The van der Waals surface area contributed by atoms with Crippen LogP contribution >= 0.6 is 0 Å². The van der Waals surface area contributed by atoms with Crippen LogP contribution in [-0.4, -0.2) is 52.5 Å². The van der Waals surface area contributed by atoms with Crippen LogP contribution in [0.15, 0.2) is 23.1 Å². The molecule has 0 saturated carbocycles. The summed E-state index contributed by atoms with van der Waals surface area (Å²) in [5, 5.41) is 0. The van der Waals surface area contributed by atoms with Gasteiger partial charge in [-0.25, -0.2) is 0 Å². The Morgan fingerprint density at radius 3 is 2.76 bits per heavy atom. The van der Waals surface area contributed by atoms with Gasteiger partial charge in [0.1, 0.15) is 6.54 Å². The zero-order valence-electron chi connectivity index (χ0n) is 12.2. The van der Waals surface area contributed by atoms with Gasteiger partial charge in [-0.1, -0.05) is 0 Å². The van der Waals surface area contributed by atoms with Gasteiger partial charge >= 0.3 is 0 Å². The van der Waals surface area contributed by atoms with Crippen LogP contribution in [-0.2, 0) is 11.3 Å². The molecule has 1 amide bonds. The first-order chi connectivity index (χ1) is 10.1. The molecule has 1 unspecified atom stereocenters. The van der Waals surface area contributed by atoms with Crippen LogP contribution in [0.5, 0.6) is 0 Å². The summed E-state index contributed by atoms with van der Waals surface area (Å²) in [6.45, 7) is 3.96. The van der Waals surface area contributed by atoms with Crippen LogP contribution in [0.2, 0.25) is 0 Å². The summed E-state index contributed by atoms with van der Waals surface area (Å²) >= 11 is 0. The highest BCUT2D eigenvalue weighted by Crippen LogP contribution is 2.20. The first-order valence-electron chi connectivity index (χ1n) is 7.61. The Bertz CT molecular complexity index is 577. The van der Waals surface area contributed by atoms with Crippen molar-refractivity contribution in [2.75, 3.05) is 31.9 Å². The van der Waals surface area contributed by atoms with Crippen molar-refractivity contribution >= 4 is 11.6 Å². The van der Waals surface area contributed by atoms with Crippen molar-refractivity contribution in [3.63, 3.8) is 0 Å². The minimum Gasteiger partial charge on any atom is -0.398 e. The molecule has 2 aliphatic rings. The summed E-state index contributed by atoms with van der Waals surface area (Å²) in [4.78, 5) is 28.4. The fraction of sp³-hybridized carbons (Fsp3) is 0.600. The van der Waals surface area contributed by atoms with E-state index in [0.29, 0.717) is 11.7 Å². The Morgan fingerprint density at radius 1 is 1.24 bits per heavy atom. The third kappa shape index (κ3) is 3.10. The summed E-state index contributed by atoms with van der Waals surface area (Å²) in [5.41, 5.74) is 5.98. The van der Waals surface area contributed by atoms with E-state index in [-0.39, 0.29) is 18.0 Å². The van der Waals surface area contributed by atoms with Gasteiger partial charge in [0.2, 0.25) is 5.91 Å². The van der Waals surface area contributed by atoms with Crippen LogP contribution < -0.4 is 11.3 Å². The molecule has 0 radical (unpaired) electrons. The van der Waals surface area contributed by atoms with E-state index in [0.717, 1.165) is 32.6 Å². The second-order valence-electron chi connectivity index (χ2n) is 5.95. The summed E-state index contributed by atoms with van der Waals surface area (Å²) in [6.07, 6.45) is 5.11. The average molecular weight is 290 g/mol. The van der Waals surface area contributed by atoms with Gasteiger partial charge in [-0.3, -0.25) is 14.5 Å². The molecule has 0 spiro atoms. The maximum Gasteiger partial charge on any atom is 0.251 e. The predicted molar refractivity (Wildman–Crippen MR) is 80.9 cm³/mol.